The fourth-order valence-corrected chi connectivity index (χ4v) is 2.67. The van der Waals surface area contributed by atoms with Crippen LogP contribution in [-0.4, -0.2) is 41.8 Å². The van der Waals surface area contributed by atoms with Crippen LogP contribution in [0.4, 0.5) is 0 Å². The summed E-state index contributed by atoms with van der Waals surface area (Å²) in [5.74, 6) is 0. The monoisotopic (exact) mass is 277 g/mol. The van der Waals surface area contributed by atoms with Gasteiger partial charge in [0.05, 0.1) is 18.8 Å². The first kappa shape index (κ1) is 15.5. The minimum atomic E-state index is -0.561. The molecular weight excluding hydrogens is 250 g/mol. The third-order valence-electron chi connectivity index (χ3n) is 4.66. The van der Waals surface area contributed by atoms with E-state index in [1.54, 1.807) is 0 Å². The lowest BCUT2D eigenvalue weighted by Crippen LogP contribution is -2.56. The van der Waals surface area contributed by atoms with E-state index >= 15 is 0 Å². The van der Waals surface area contributed by atoms with Crippen LogP contribution in [0, 0.1) is 5.41 Å². The molecule has 20 heavy (non-hydrogen) atoms. The number of aliphatic hydroxyl groups is 1. The Balaban J connectivity index is 1.71. The molecule has 0 spiro atoms. The Hall–Kier alpha value is -0.900. The molecule has 1 aliphatic heterocycles. The quantitative estimate of drug-likeness (QED) is 0.840. The molecule has 0 aliphatic carbocycles. The van der Waals surface area contributed by atoms with Crippen molar-refractivity contribution in [2.45, 2.75) is 39.4 Å². The van der Waals surface area contributed by atoms with Crippen LogP contribution in [0.15, 0.2) is 30.3 Å². The highest BCUT2D eigenvalue weighted by atomic mass is 16.5. The topological polar surface area (TPSA) is 32.7 Å². The van der Waals surface area contributed by atoms with Crippen molar-refractivity contribution >= 4 is 0 Å². The first-order chi connectivity index (χ1) is 9.41. The molecule has 0 aromatic heterocycles. The Bertz CT molecular complexity index is 414. The molecule has 0 bridgehead atoms. The van der Waals surface area contributed by atoms with Gasteiger partial charge in [-0.05, 0) is 18.9 Å². The van der Waals surface area contributed by atoms with Crippen LogP contribution < -0.4 is 0 Å². The average molecular weight is 277 g/mol. The van der Waals surface area contributed by atoms with E-state index in [1.807, 2.05) is 25.1 Å². The van der Waals surface area contributed by atoms with E-state index in [1.165, 1.54) is 5.56 Å². The number of nitrogens with zero attached hydrogens (tertiary/aromatic N) is 1. The van der Waals surface area contributed by atoms with Crippen molar-refractivity contribution in [3.63, 3.8) is 0 Å². The molecule has 2 rings (SSSR count). The number of hydrogen-bond acceptors (Lipinski definition) is 3. The number of benzene rings is 1. The zero-order valence-electron chi connectivity index (χ0n) is 12.9. The fraction of sp³-hybridized carbons (Fsp3) is 0.647. The number of likely N-dealkylation sites (tertiary alicyclic amines) is 1. The van der Waals surface area contributed by atoms with Crippen LogP contribution in [0.25, 0.3) is 0 Å². The molecule has 3 heteroatoms. The van der Waals surface area contributed by atoms with Crippen LogP contribution in [0.1, 0.15) is 32.8 Å². The first-order valence-electron chi connectivity index (χ1n) is 7.47. The van der Waals surface area contributed by atoms with Crippen LogP contribution in [0.2, 0.25) is 0 Å². The maximum atomic E-state index is 10.4. The maximum Gasteiger partial charge on any atom is 0.0717 e. The van der Waals surface area contributed by atoms with E-state index in [4.69, 9.17) is 4.74 Å². The van der Waals surface area contributed by atoms with Gasteiger partial charge in [0.25, 0.3) is 0 Å². The standard InChI is InChI=1S/C17H27NO2/c1-16(2)14-18(10-9-17(16,3)19)11-12-20-13-15-7-5-4-6-8-15/h4-8,19H,9-14H2,1-3H3/t17-/m0/s1. The van der Waals surface area contributed by atoms with E-state index in [-0.39, 0.29) is 5.41 Å². The van der Waals surface area contributed by atoms with Crippen LogP contribution in [0.3, 0.4) is 0 Å². The predicted octanol–water partition coefficient (Wildman–Crippen LogP) is 2.69. The van der Waals surface area contributed by atoms with Crippen LogP contribution in [0.5, 0.6) is 0 Å². The summed E-state index contributed by atoms with van der Waals surface area (Å²) in [6.07, 6.45) is 0.832. The Labute approximate surface area is 122 Å². The van der Waals surface area contributed by atoms with E-state index in [9.17, 15) is 5.11 Å². The second kappa shape index (κ2) is 6.25. The Morgan fingerprint density at radius 1 is 1.20 bits per heavy atom. The molecule has 1 fully saturated rings. The zero-order chi connectivity index (χ0) is 14.6. The van der Waals surface area contributed by atoms with Crippen molar-refractivity contribution in [2.24, 2.45) is 5.41 Å². The molecule has 1 N–H and O–H groups in total. The second-order valence-corrected chi connectivity index (χ2v) is 6.72. The molecule has 112 valence electrons. The van der Waals surface area contributed by atoms with E-state index in [2.05, 4.69) is 30.9 Å². The van der Waals surface area contributed by atoms with E-state index in [0.29, 0.717) is 6.61 Å². The predicted molar refractivity (Wildman–Crippen MR) is 81.6 cm³/mol. The van der Waals surface area contributed by atoms with Gasteiger partial charge in [-0.25, -0.2) is 0 Å². The Morgan fingerprint density at radius 2 is 1.90 bits per heavy atom. The molecule has 0 amide bonds. The van der Waals surface area contributed by atoms with Crippen molar-refractivity contribution in [1.29, 1.82) is 0 Å². The lowest BCUT2D eigenvalue weighted by molar-refractivity contribution is -0.108. The van der Waals surface area contributed by atoms with Crippen LogP contribution >= 0.6 is 0 Å². The van der Waals surface area contributed by atoms with Gasteiger partial charge >= 0.3 is 0 Å². The van der Waals surface area contributed by atoms with Crippen molar-refractivity contribution in [1.82, 2.24) is 4.90 Å². The van der Waals surface area contributed by atoms with Gasteiger partial charge in [0.2, 0.25) is 0 Å². The normalized spacial score (nSPS) is 26.6. The van der Waals surface area contributed by atoms with Gasteiger partial charge in [-0.15, -0.1) is 0 Å². The summed E-state index contributed by atoms with van der Waals surface area (Å²) in [4.78, 5) is 2.39. The van der Waals surface area contributed by atoms with Crippen molar-refractivity contribution in [3.8, 4) is 0 Å². The summed E-state index contributed by atoms with van der Waals surface area (Å²) < 4.78 is 5.74. The van der Waals surface area contributed by atoms with Crippen LogP contribution in [-0.2, 0) is 11.3 Å². The summed E-state index contributed by atoms with van der Waals surface area (Å²) in [6, 6.07) is 10.3. The highest BCUT2D eigenvalue weighted by Crippen LogP contribution is 2.37. The summed E-state index contributed by atoms with van der Waals surface area (Å²) in [6.45, 7) is 10.5. The molecular formula is C17H27NO2. The molecule has 1 aliphatic rings. The molecule has 1 aromatic rings. The molecule has 0 saturated carbocycles. The minimum Gasteiger partial charge on any atom is -0.390 e. The van der Waals surface area contributed by atoms with E-state index in [0.717, 1.165) is 32.7 Å². The minimum absolute atomic E-state index is 0.0648. The smallest absolute Gasteiger partial charge is 0.0717 e. The summed E-state index contributed by atoms with van der Waals surface area (Å²) >= 11 is 0. The third-order valence-corrected chi connectivity index (χ3v) is 4.66. The highest BCUT2D eigenvalue weighted by Gasteiger charge is 2.43. The highest BCUT2D eigenvalue weighted by molar-refractivity contribution is 5.13. The van der Waals surface area contributed by atoms with Gasteiger partial charge < -0.3 is 14.7 Å². The lowest BCUT2D eigenvalue weighted by Gasteiger charge is -2.48. The Kier molecular flexibility index (Phi) is 4.84. The second-order valence-electron chi connectivity index (χ2n) is 6.72. The fourth-order valence-electron chi connectivity index (χ4n) is 2.67. The largest absolute Gasteiger partial charge is 0.390 e. The summed E-state index contributed by atoms with van der Waals surface area (Å²) in [7, 11) is 0. The number of rotatable bonds is 5. The Morgan fingerprint density at radius 3 is 2.55 bits per heavy atom. The maximum absolute atomic E-state index is 10.4. The SMILES string of the molecule is CC1(C)CN(CCOCc2ccccc2)CC[C@]1(C)O. The van der Waals surface area contributed by atoms with Crippen molar-refractivity contribution in [3.05, 3.63) is 35.9 Å². The van der Waals surface area contributed by atoms with Gasteiger partial charge in [-0.1, -0.05) is 44.2 Å². The van der Waals surface area contributed by atoms with Gasteiger partial charge in [0.1, 0.15) is 0 Å². The van der Waals surface area contributed by atoms with Crippen molar-refractivity contribution in [2.75, 3.05) is 26.2 Å². The molecule has 0 radical (unpaired) electrons. The number of hydrogen-bond donors (Lipinski definition) is 1. The number of piperidine rings is 1. The third kappa shape index (κ3) is 3.81. The van der Waals surface area contributed by atoms with Gasteiger partial charge in [-0.3, -0.25) is 0 Å². The molecule has 1 atom stereocenters. The summed E-state index contributed by atoms with van der Waals surface area (Å²) in [5.41, 5.74) is 0.591. The van der Waals surface area contributed by atoms with Crippen molar-refractivity contribution < 1.29 is 9.84 Å². The summed E-state index contributed by atoms with van der Waals surface area (Å²) in [5, 5.41) is 10.4. The lowest BCUT2D eigenvalue weighted by atomic mass is 9.71. The zero-order valence-corrected chi connectivity index (χ0v) is 12.9. The van der Waals surface area contributed by atoms with Gasteiger partial charge in [0, 0.05) is 25.0 Å². The molecule has 3 nitrogen and oxygen atoms in total. The van der Waals surface area contributed by atoms with Gasteiger partial charge in [-0.2, -0.15) is 0 Å². The van der Waals surface area contributed by atoms with E-state index < -0.39 is 5.60 Å². The molecule has 1 aromatic carbocycles. The first-order valence-corrected chi connectivity index (χ1v) is 7.47. The van der Waals surface area contributed by atoms with Gasteiger partial charge in [0.15, 0.2) is 0 Å². The molecule has 1 saturated heterocycles. The molecule has 0 unspecified atom stereocenters. The number of ether oxygens (including phenoxy) is 1. The average Bonchev–Trinajstić information content (AvgIpc) is 2.40. The molecule has 1 heterocycles.